The van der Waals surface area contributed by atoms with E-state index in [9.17, 15) is 21.6 Å². The summed E-state index contributed by atoms with van der Waals surface area (Å²) >= 11 is 0. The fourth-order valence-electron chi connectivity index (χ4n) is 2.85. The quantitative estimate of drug-likeness (QED) is 0.682. The molecule has 1 heterocycles. The molecule has 1 aliphatic rings. The third-order valence-corrected chi connectivity index (χ3v) is 7.31. The predicted molar refractivity (Wildman–Crippen MR) is 97.8 cm³/mol. The number of carbonyl (C=O) groups excluding carboxylic acids is 1. The van der Waals surface area contributed by atoms with Crippen molar-refractivity contribution in [3.05, 3.63) is 29.8 Å². The summed E-state index contributed by atoms with van der Waals surface area (Å²) in [7, 11) is -5.18. The minimum Gasteiger partial charge on any atom is -0.342 e. The van der Waals surface area contributed by atoms with E-state index in [1.807, 2.05) is 6.07 Å². The van der Waals surface area contributed by atoms with Crippen molar-refractivity contribution < 1.29 is 21.6 Å². The van der Waals surface area contributed by atoms with Gasteiger partial charge in [0.1, 0.15) is 0 Å². The van der Waals surface area contributed by atoms with Crippen molar-refractivity contribution in [3.8, 4) is 6.07 Å². The normalized spacial score (nSPS) is 18.9. The Labute approximate surface area is 154 Å². The van der Waals surface area contributed by atoms with E-state index in [4.69, 9.17) is 5.26 Å². The number of rotatable bonds is 6. The Morgan fingerprint density at radius 2 is 1.92 bits per heavy atom. The van der Waals surface area contributed by atoms with Gasteiger partial charge < -0.3 is 4.90 Å². The Morgan fingerprint density at radius 3 is 2.38 bits per heavy atom. The number of hydrogen-bond acceptors (Lipinski definition) is 6. The summed E-state index contributed by atoms with van der Waals surface area (Å²) in [4.78, 5) is 13.8. The first-order valence-corrected chi connectivity index (χ1v) is 11.6. The van der Waals surface area contributed by atoms with Crippen molar-refractivity contribution in [2.24, 2.45) is 0 Å². The first-order valence-electron chi connectivity index (χ1n) is 7.97. The minimum absolute atomic E-state index is 0.0549. The molecule has 1 atom stereocenters. The molecule has 1 aromatic rings. The highest BCUT2D eigenvalue weighted by Crippen LogP contribution is 2.20. The molecule has 2 rings (SSSR count). The van der Waals surface area contributed by atoms with E-state index >= 15 is 0 Å². The van der Waals surface area contributed by atoms with Crippen molar-refractivity contribution in [1.82, 2.24) is 4.90 Å². The number of carbonyl (C=O) groups is 1. The third kappa shape index (κ3) is 4.95. The number of nitrogens with zero attached hydrogens (tertiary/aromatic N) is 3. The number of hydrogen-bond donors (Lipinski definition) is 0. The molecule has 0 saturated carbocycles. The van der Waals surface area contributed by atoms with Crippen LogP contribution in [0.1, 0.15) is 18.4 Å². The summed E-state index contributed by atoms with van der Waals surface area (Å²) in [5.74, 6) is -0.300. The second-order valence-electron chi connectivity index (χ2n) is 6.31. The van der Waals surface area contributed by atoms with Gasteiger partial charge >= 0.3 is 0 Å². The lowest BCUT2D eigenvalue weighted by atomic mass is 10.2. The van der Waals surface area contributed by atoms with E-state index in [1.54, 1.807) is 7.05 Å². The first kappa shape index (κ1) is 20.2. The highest BCUT2D eigenvalue weighted by Gasteiger charge is 2.32. The molecule has 0 bridgehead atoms. The Kier molecular flexibility index (Phi) is 5.93. The largest absolute Gasteiger partial charge is 0.342 e. The highest BCUT2D eigenvalue weighted by atomic mass is 32.2. The molecular weight excluding hydrogens is 378 g/mol. The van der Waals surface area contributed by atoms with Crippen LogP contribution in [0.3, 0.4) is 0 Å². The zero-order chi connectivity index (χ0) is 19.5. The lowest BCUT2D eigenvalue weighted by Gasteiger charge is -2.26. The maximum absolute atomic E-state index is 12.4. The summed E-state index contributed by atoms with van der Waals surface area (Å²) in [6.07, 6.45) is 1.37. The van der Waals surface area contributed by atoms with Crippen molar-refractivity contribution in [3.63, 3.8) is 0 Å². The van der Waals surface area contributed by atoms with Gasteiger partial charge in [-0.3, -0.25) is 9.10 Å². The summed E-state index contributed by atoms with van der Waals surface area (Å²) in [5, 5.41) is 8.83. The van der Waals surface area contributed by atoms with Crippen molar-refractivity contribution >= 4 is 31.5 Å². The summed E-state index contributed by atoms with van der Waals surface area (Å²) in [5.41, 5.74) is 0.769. The Bertz CT molecular complexity index is 918. The van der Waals surface area contributed by atoms with Crippen LogP contribution in [0.2, 0.25) is 0 Å². The maximum atomic E-state index is 12.4. The van der Waals surface area contributed by atoms with Gasteiger partial charge in [0.15, 0.2) is 9.84 Å². The van der Waals surface area contributed by atoms with E-state index in [1.165, 1.54) is 29.2 Å². The zero-order valence-electron chi connectivity index (χ0n) is 14.6. The highest BCUT2D eigenvalue weighted by molar-refractivity contribution is 7.92. The zero-order valence-corrected chi connectivity index (χ0v) is 16.3. The Balaban J connectivity index is 2.07. The Morgan fingerprint density at radius 1 is 1.31 bits per heavy atom. The van der Waals surface area contributed by atoms with Gasteiger partial charge in [0, 0.05) is 26.1 Å². The lowest BCUT2D eigenvalue weighted by molar-refractivity contribution is -0.131. The molecule has 1 aliphatic heterocycles. The number of sulfone groups is 1. The molecule has 1 aromatic carbocycles. The standard InChI is InChI=1S/C16H21N3O5S2/c1-18(15-8-10-26(23,24)12-15)16(20)7-9-19(25(2,21)22)14-5-3-13(11-17)4-6-14/h3-6,15H,7-10,12H2,1-2H3. The van der Waals surface area contributed by atoms with Crippen LogP contribution >= 0.6 is 0 Å². The van der Waals surface area contributed by atoms with Gasteiger partial charge in [-0.25, -0.2) is 16.8 Å². The monoisotopic (exact) mass is 399 g/mol. The summed E-state index contributed by atoms with van der Waals surface area (Å²) in [6, 6.07) is 7.62. The van der Waals surface area contributed by atoms with E-state index in [2.05, 4.69) is 0 Å². The number of benzene rings is 1. The van der Waals surface area contributed by atoms with Gasteiger partial charge in [-0.05, 0) is 30.7 Å². The van der Waals surface area contributed by atoms with Crippen molar-refractivity contribution in [2.75, 3.05) is 35.7 Å². The van der Waals surface area contributed by atoms with Crippen LogP contribution in [0.25, 0.3) is 0 Å². The summed E-state index contributed by atoms with van der Waals surface area (Å²) < 4.78 is 48.3. The average Bonchev–Trinajstić information content (AvgIpc) is 2.93. The fraction of sp³-hybridized carbons (Fsp3) is 0.500. The molecule has 0 aromatic heterocycles. The van der Waals surface area contributed by atoms with Gasteiger partial charge in [-0.1, -0.05) is 0 Å². The SMILES string of the molecule is CN(C(=O)CCN(c1ccc(C#N)cc1)S(C)(=O)=O)C1CCS(=O)(=O)C1. The van der Waals surface area contributed by atoms with E-state index in [-0.39, 0.29) is 36.4 Å². The molecule has 26 heavy (non-hydrogen) atoms. The van der Waals surface area contributed by atoms with Crippen LogP contribution in [-0.2, 0) is 24.7 Å². The second kappa shape index (κ2) is 7.63. The molecule has 10 heteroatoms. The number of nitriles is 1. The summed E-state index contributed by atoms with van der Waals surface area (Å²) in [6.45, 7) is -0.0621. The molecule has 1 saturated heterocycles. The van der Waals surface area contributed by atoms with E-state index < -0.39 is 19.9 Å². The average molecular weight is 399 g/mol. The van der Waals surface area contributed by atoms with E-state index in [0.29, 0.717) is 17.7 Å². The molecule has 142 valence electrons. The van der Waals surface area contributed by atoms with Crippen LogP contribution in [0, 0.1) is 11.3 Å². The fourth-order valence-corrected chi connectivity index (χ4v) is 5.55. The molecule has 1 unspecified atom stereocenters. The van der Waals surface area contributed by atoms with Crippen LogP contribution in [0.4, 0.5) is 5.69 Å². The molecular formula is C16H21N3O5S2. The van der Waals surface area contributed by atoms with Crippen molar-refractivity contribution in [2.45, 2.75) is 18.9 Å². The van der Waals surface area contributed by atoms with Crippen LogP contribution in [0.15, 0.2) is 24.3 Å². The van der Waals surface area contributed by atoms with Crippen molar-refractivity contribution in [1.29, 1.82) is 5.26 Å². The minimum atomic E-state index is -3.61. The second-order valence-corrected chi connectivity index (χ2v) is 10.4. The molecule has 0 radical (unpaired) electrons. The van der Waals surface area contributed by atoms with Gasteiger partial charge in [-0.15, -0.1) is 0 Å². The van der Waals surface area contributed by atoms with Crippen LogP contribution in [0.5, 0.6) is 0 Å². The van der Waals surface area contributed by atoms with Crippen LogP contribution < -0.4 is 4.31 Å². The van der Waals surface area contributed by atoms with Gasteiger partial charge in [0.2, 0.25) is 15.9 Å². The Hall–Kier alpha value is -2.12. The number of amides is 1. The molecule has 8 nitrogen and oxygen atoms in total. The third-order valence-electron chi connectivity index (χ3n) is 4.36. The smallest absolute Gasteiger partial charge is 0.232 e. The molecule has 0 aliphatic carbocycles. The number of sulfonamides is 1. The van der Waals surface area contributed by atoms with Gasteiger partial charge in [0.25, 0.3) is 0 Å². The number of anilines is 1. The predicted octanol–water partition coefficient (Wildman–Crippen LogP) is 0.360. The van der Waals surface area contributed by atoms with E-state index in [0.717, 1.165) is 10.6 Å². The first-order chi connectivity index (χ1) is 12.0. The van der Waals surface area contributed by atoms with Gasteiger partial charge in [0.05, 0.1) is 35.1 Å². The molecule has 1 amide bonds. The van der Waals surface area contributed by atoms with Crippen LogP contribution in [-0.4, -0.2) is 65.0 Å². The lowest BCUT2D eigenvalue weighted by Crippen LogP contribution is -2.40. The molecule has 1 fully saturated rings. The maximum Gasteiger partial charge on any atom is 0.232 e. The van der Waals surface area contributed by atoms with Gasteiger partial charge in [-0.2, -0.15) is 5.26 Å². The topological polar surface area (TPSA) is 116 Å². The molecule has 0 N–H and O–H groups in total. The molecule has 0 spiro atoms.